The first-order valence-corrected chi connectivity index (χ1v) is 6.88. The molecule has 0 aromatic heterocycles. The summed E-state index contributed by atoms with van der Waals surface area (Å²) in [6.07, 6.45) is 8.19. The Morgan fingerprint density at radius 1 is 1.22 bits per heavy atom. The van der Waals surface area contributed by atoms with Gasteiger partial charge in [-0.05, 0) is 38.8 Å². The lowest BCUT2D eigenvalue weighted by Gasteiger charge is -2.30. The highest BCUT2D eigenvalue weighted by atomic mass is 35.5. The van der Waals surface area contributed by atoms with E-state index in [1.54, 1.807) is 0 Å². The molecule has 0 spiro atoms. The first-order valence-electron chi connectivity index (χ1n) is 6.88. The fourth-order valence-electron chi connectivity index (χ4n) is 2.44. The number of nitrogens with zero attached hydrogens (tertiary/aromatic N) is 1. The van der Waals surface area contributed by atoms with Gasteiger partial charge in [0.05, 0.1) is 0 Å². The molecule has 4 nitrogen and oxygen atoms in total. The molecule has 1 atom stereocenters. The van der Waals surface area contributed by atoms with Gasteiger partial charge in [0.15, 0.2) is 0 Å². The van der Waals surface area contributed by atoms with Crippen LogP contribution in [0, 0.1) is 0 Å². The monoisotopic (exact) mass is 278 g/mol. The molecular weight excluding hydrogens is 252 g/mol. The van der Waals surface area contributed by atoms with Gasteiger partial charge in [-0.25, -0.2) is 0 Å². The van der Waals surface area contributed by atoms with Gasteiger partial charge in [-0.15, -0.1) is 12.4 Å². The van der Waals surface area contributed by atoms with E-state index in [-0.39, 0.29) is 12.4 Å². The molecule has 0 aromatic rings. The number of hydrogen-bond donors (Lipinski definition) is 2. The Hall–Kier alpha value is -0.320. The van der Waals surface area contributed by atoms with Gasteiger partial charge in [0, 0.05) is 19.0 Å². The molecule has 0 aliphatic carbocycles. The maximum atomic E-state index is 10.3. The quantitative estimate of drug-likeness (QED) is 0.669. The van der Waals surface area contributed by atoms with Crippen molar-refractivity contribution in [2.45, 2.75) is 57.4 Å². The topological polar surface area (TPSA) is 66.6 Å². The number of unbranched alkanes of at least 4 members (excludes halogenated alkanes) is 4. The second-order valence-electron chi connectivity index (χ2n) is 5.11. The van der Waals surface area contributed by atoms with Crippen LogP contribution in [0.2, 0.25) is 0 Å². The van der Waals surface area contributed by atoms with Crippen LogP contribution in [-0.2, 0) is 4.79 Å². The maximum Gasteiger partial charge on any atom is 0.303 e. The third-order valence-corrected chi connectivity index (χ3v) is 3.41. The van der Waals surface area contributed by atoms with Crippen molar-refractivity contribution in [1.29, 1.82) is 0 Å². The Labute approximate surface area is 116 Å². The molecular formula is C13H27ClN2O2. The van der Waals surface area contributed by atoms with E-state index in [1.807, 2.05) is 0 Å². The molecule has 3 N–H and O–H groups in total. The fraction of sp³-hybridized carbons (Fsp3) is 0.923. The zero-order chi connectivity index (χ0) is 12.5. The summed E-state index contributed by atoms with van der Waals surface area (Å²) < 4.78 is 0. The number of likely N-dealkylation sites (tertiary alicyclic amines) is 1. The van der Waals surface area contributed by atoms with Crippen molar-refractivity contribution in [3.63, 3.8) is 0 Å². The Bertz CT molecular complexity index is 227. The maximum absolute atomic E-state index is 10.3. The van der Waals surface area contributed by atoms with E-state index in [4.69, 9.17) is 10.8 Å². The smallest absolute Gasteiger partial charge is 0.303 e. The van der Waals surface area contributed by atoms with Gasteiger partial charge >= 0.3 is 5.97 Å². The van der Waals surface area contributed by atoms with Crippen LogP contribution in [0.5, 0.6) is 0 Å². The number of carboxylic acids is 1. The van der Waals surface area contributed by atoms with Gasteiger partial charge in [-0.1, -0.05) is 19.3 Å². The molecule has 1 aliphatic rings. The van der Waals surface area contributed by atoms with Crippen molar-refractivity contribution in [3.8, 4) is 0 Å². The number of hydrogen-bond acceptors (Lipinski definition) is 3. The van der Waals surface area contributed by atoms with Crippen LogP contribution in [0.3, 0.4) is 0 Å². The minimum atomic E-state index is -0.674. The van der Waals surface area contributed by atoms with Gasteiger partial charge in [0.2, 0.25) is 0 Å². The van der Waals surface area contributed by atoms with Crippen LogP contribution in [0.15, 0.2) is 0 Å². The number of carboxylic acid groups (broad SMARTS) is 1. The third-order valence-electron chi connectivity index (χ3n) is 3.41. The summed E-state index contributed by atoms with van der Waals surface area (Å²) in [5.41, 5.74) is 5.93. The van der Waals surface area contributed by atoms with Gasteiger partial charge < -0.3 is 15.7 Å². The largest absolute Gasteiger partial charge is 0.481 e. The van der Waals surface area contributed by atoms with E-state index in [0.717, 1.165) is 32.4 Å². The normalized spacial score (nSPS) is 20.4. The van der Waals surface area contributed by atoms with Crippen molar-refractivity contribution in [3.05, 3.63) is 0 Å². The molecule has 1 saturated heterocycles. The standard InChI is InChI=1S/C13H26N2O2.ClH/c14-12-7-6-10-15(11-12)9-5-3-1-2-4-8-13(16)17;/h12H,1-11,14H2,(H,16,17);1H/t12-;/m1./s1. The number of carbonyl (C=O) groups is 1. The molecule has 0 radical (unpaired) electrons. The molecule has 0 aromatic carbocycles. The van der Waals surface area contributed by atoms with E-state index >= 15 is 0 Å². The number of rotatable bonds is 8. The SMILES string of the molecule is Cl.N[C@@H]1CCCN(CCCCCCCC(=O)O)C1. The third kappa shape index (κ3) is 8.72. The van der Waals surface area contributed by atoms with E-state index in [0.29, 0.717) is 12.5 Å². The van der Waals surface area contributed by atoms with Crippen LogP contribution >= 0.6 is 12.4 Å². The average Bonchev–Trinajstić information content (AvgIpc) is 2.27. The molecule has 18 heavy (non-hydrogen) atoms. The molecule has 1 heterocycles. The van der Waals surface area contributed by atoms with Crippen LogP contribution in [-0.4, -0.2) is 41.7 Å². The number of halogens is 1. The lowest BCUT2D eigenvalue weighted by atomic mass is 10.1. The second-order valence-corrected chi connectivity index (χ2v) is 5.11. The number of piperidine rings is 1. The van der Waals surface area contributed by atoms with Crippen LogP contribution in [0.1, 0.15) is 51.4 Å². The first kappa shape index (κ1) is 17.7. The summed E-state index contributed by atoms with van der Waals surface area (Å²) in [5.74, 6) is -0.674. The highest BCUT2D eigenvalue weighted by Gasteiger charge is 2.15. The van der Waals surface area contributed by atoms with Gasteiger partial charge in [-0.3, -0.25) is 4.79 Å². The molecule has 1 aliphatic heterocycles. The molecule has 5 heteroatoms. The molecule has 0 amide bonds. The lowest BCUT2D eigenvalue weighted by molar-refractivity contribution is -0.137. The highest BCUT2D eigenvalue weighted by molar-refractivity contribution is 5.85. The zero-order valence-corrected chi connectivity index (χ0v) is 12.0. The van der Waals surface area contributed by atoms with Crippen molar-refractivity contribution >= 4 is 18.4 Å². The highest BCUT2D eigenvalue weighted by Crippen LogP contribution is 2.11. The molecule has 0 unspecified atom stereocenters. The van der Waals surface area contributed by atoms with Gasteiger partial charge in [0.1, 0.15) is 0 Å². The summed E-state index contributed by atoms with van der Waals surface area (Å²) in [4.78, 5) is 12.8. The van der Waals surface area contributed by atoms with Crippen molar-refractivity contribution in [2.24, 2.45) is 5.73 Å². The van der Waals surface area contributed by atoms with E-state index in [2.05, 4.69) is 4.90 Å². The summed E-state index contributed by atoms with van der Waals surface area (Å²) in [5, 5.41) is 8.49. The average molecular weight is 279 g/mol. The molecule has 0 bridgehead atoms. The first-order chi connectivity index (χ1) is 8.18. The van der Waals surface area contributed by atoms with E-state index < -0.39 is 5.97 Å². The summed E-state index contributed by atoms with van der Waals surface area (Å²) in [7, 11) is 0. The summed E-state index contributed by atoms with van der Waals surface area (Å²) in [6, 6.07) is 0.374. The van der Waals surface area contributed by atoms with Crippen LogP contribution in [0.25, 0.3) is 0 Å². The van der Waals surface area contributed by atoms with Crippen molar-refractivity contribution < 1.29 is 9.90 Å². The van der Waals surface area contributed by atoms with Crippen LogP contribution in [0.4, 0.5) is 0 Å². The van der Waals surface area contributed by atoms with Gasteiger partial charge in [0.25, 0.3) is 0 Å². The van der Waals surface area contributed by atoms with E-state index in [9.17, 15) is 4.79 Å². The molecule has 1 rings (SSSR count). The lowest BCUT2D eigenvalue weighted by Crippen LogP contribution is -2.43. The molecule has 1 fully saturated rings. The Balaban J connectivity index is 0.00000289. The Morgan fingerprint density at radius 3 is 2.56 bits per heavy atom. The zero-order valence-electron chi connectivity index (χ0n) is 11.1. The predicted octanol–water partition coefficient (Wildman–Crippen LogP) is 2.26. The van der Waals surface area contributed by atoms with E-state index in [1.165, 1.54) is 32.2 Å². The van der Waals surface area contributed by atoms with Crippen LogP contribution < -0.4 is 5.73 Å². The summed E-state index contributed by atoms with van der Waals surface area (Å²) in [6.45, 7) is 3.42. The minimum absolute atomic E-state index is 0. The molecule has 0 saturated carbocycles. The predicted molar refractivity (Wildman–Crippen MR) is 76.2 cm³/mol. The van der Waals surface area contributed by atoms with Crippen molar-refractivity contribution in [1.82, 2.24) is 4.90 Å². The second kappa shape index (κ2) is 10.6. The minimum Gasteiger partial charge on any atom is -0.481 e. The van der Waals surface area contributed by atoms with Gasteiger partial charge in [-0.2, -0.15) is 0 Å². The fourth-order valence-corrected chi connectivity index (χ4v) is 2.44. The Kier molecular flexibility index (Phi) is 10.4. The number of aliphatic carboxylic acids is 1. The summed E-state index contributed by atoms with van der Waals surface area (Å²) >= 11 is 0. The Morgan fingerprint density at radius 2 is 1.89 bits per heavy atom. The number of nitrogens with two attached hydrogens (primary N) is 1. The van der Waals surface area contributed by atoms with Crippen molar-refractivity contribution in [2.75, 3.05) is 19.6 Å². The molecule has 108 valence electrons.